The van der Waals surface area contributed by atoms with Gasteiger partial charge >= 0.3 is 5.97 Å². The highest BCUT2D eigenvalue weighted by atomic mass is 32.2. The molecule has 0 bridgehead atoms. The molecular weight excluding hydrogens is 298 g/mol. The molecule has 0 heterocycles. The first-order chi connectivity index (χ1) is 10.6. The second kappa shape index (κ2) is 7.84. The minimum Gasteiger partial charge on any atom is -0.465 e. The molecule has 4 nitrogen and oxygen atoms in total. The second-order valence-corrected chi connectivity index (χ2v) is 6.14. The molecule has 0 aliphatic rings. The van der Waals surface area contributed by atoms with Crippen molar-refractivity contribution in [2.45, 2.75) is 19.1 Å². The van der Waals surface area contributed by atoms with Gasteiger partial charge in [-0.3, -0.25) is 9.59 Å². The Bertz CT molecular complexity index is 672. The van der Waals surface area contributed by atoms with E-state index >= 15 is 0 Å². The number of carbonyl (C=O) groups excluding carboxylic acids is 2. The number of esters is 1. The lowest BCUT2D eigenvalue weighted by Gasteiger charge is -2.12. The lowest BCUT2D eigenvalue weighted by Crippen LogP contribution is -2.24. The molecule has 0 radical (unpaired) electrons. The highest BCUT2D eigenvalue weighted by Crippen LogP contribution is 2.20. The monoisotopic (exact) mass is 317 g/mol. The Kier molecular flexibility index (Phi) is 5.83. The number of nitrogens with one attached hydrogen (secondary N) is 1. The number of hydrogen-bond donors (Lipinski definition) is 1. The first-order valence-corrected chi connectivity index (χ1v) is 8.22. The van der Waals surface area contributed by atoms with E-state index in [0.717, 1.165) is 16.5 Å². The zero-order valence-corrected chi connectivity index (χ0v) is 13.5. The van der Waals surface area contributed by atoms with Gasteiger partial charge in [-0.2, -0.15) is 0 Å². The number of amides is 1. The van der Waals surface area contributed by atoms with Gasteiger partial charge in [-0.25, -0.2) is 0 Å². The minimum absolute atomic E-state index is 0.121. The number of thioether (sulfide) groups is 1. The van der Waals surface area contributed by atoms with Crippen LogP contribution in [0.1, 0.15) is 13.8 Å². The predicted octanol–water partition coefficient (Wildman–Crippen LogP) is 3.46. The summed E-state index contributed by atoms with van der Waals surface area (Å²) in [6.07, 6.45) is 0. The van der Waals surface area contributed by atoms with E-state index in [-0.39, 0.29) is 22.9 Å². The molecule has 0 fully saturated rings. The van der Waals surface area contributed by atoms with E-state index in [0.29, 0.717) is 6.61 Å². The van der Waals surface area contributed by atoms with Crippen LogP contribution in [0.4, 0.5) is 5.69 Å². The van der Waals surface area contributed by atoms with Crippen LogP contribution in [-0.4, -0.2) is 29.5 Å². The number of rotatable bonds is 6. The first-order valence-electron chi connectivity index (χ1n) is 7.17. The van der Waals surface area contributed by atoms with Crippen molar-refractivity contribution in [1.82, 2.24) is 0 Å². The average molecular weight is 317 g/mol. The summed E-state index contributed by atoms with van der Waals surface area (Å²) in [5.41, 5.74) is 0.757. The molecule has 0 saturated heterocycles. The molecular formula is C17H19NO3S. The Morgan fingerprint density at radius 1 is 1.18 bits per heavy atom. The summed E-state index contributed by atoms with van der Waals surface area (Å²) < 4.78 is 4.85. The fourth-order valence-electron chi connectivity index (χ4n) is 1.98. The molecule has 0 aliphatic heterocycles. The number of carbonyl (C=O) groups is 2. The van der Waals surface area contributed by atoms with Gasteiger partial charge < -0.3 is 10.1 Å². The number of fused-ring (bicyclic) bond motifs is 1. The molecule has 0 aromatic heterocycles. The van der Waals surface area contributed by atoms with Crippen LogP contribution in [0.5, 0.6) is 0 Å². The molecule has 22 heavy (non-hydrogen) atoms. The van der Waals surface area contributed by atoms with Gasteiger partial charge in [0.05, 0.1) is 17.6 Å². The van der Waals surface area contributed by atoms with E-state index in [9.17, 15) is 9.59 Å². The second-order valence-electron chi connectivity index (χ2n) is 4.81. The van der Waals surface area contributed by atoms with Gasteiger partial charge in [0.15, 0.2) is 0 Å². The Labute approximate surface area is 134 Å². The lowest BCUT2D eigenvalue weighted by atomic mass is 10.1. The van der Waals surface area contributed by atoms with Crippen LogP contribution >= 0.6 is 11.8 Å². The summed E-state index contributed by atoms with van der Waals surface area (Å²) in [4.78, 5) is 23.4. The summed E-state index contributed by atoms with van der Waals surface area (Å²) in [6.45, 7) is 3.90. The van der Waals surface area contributed by atoms with Crippen molar-refractivity contribution in [2.75, 3.05) is 17.7 Å². The van der Waals surface area contributed by atoms with Crippen molar-refractivity contribution in [3.8, 4) is 0 Å². The van der Waals surface area contributed by atoms with Gasteiger partial charge in [-0.15, -0.1) is 11.8 Å². The van der Waals surface area contributed by atoms with E-state index < -0.39 is 0 Å². The number of benzene rings is 2. The summed E-state index contributed by atoms with van der Waals surface area (Å²) in [6, 6.07) is 13.8. The van der Waals surface area contributed by atoms with Crippen LogP contribution in [0.3, 0.4) is 0 Å². The van der Waals surface area contributed by atoms with Gasteiger partial charge in [-0.05, 0) is 36.8 Å². The highest BCUT2D eigenvalue weighted by Gasteiger charge is 2.15. The van der Waals surface area contributed by atoms with Crippen molar-refractivity contribution in [3.63, 3.8) is 0 Å². The van der Waals surface area contributed by atoms with Gasteiger partial charge in [0.1, 0.15) is 0 Å². The third kappa shape index (κ3) is 4.49. The first kappa shape index (κ1) is 16.4. The quantitative estimate of drug-likeness (QED) is 0.829. The third-order valence-corrected chi connectivity index (χ3v) is 4.26. The van der Waals surface area contributed by atoms with Crippen molar-refractivity contribution in [3.05, 3.63) is 42.5 Å². The average Bonchev–Trinajstić information content (AvgIpc) is 2.52. The van der Waals surface area contributed by atoms with Gasteiger partial charge in [-0.1, -0.05) is 30.3 Å². The molecule has 1 atom stereocenters. The van der Waals surface area contributed by atoms with Crippen molar-refractivity contribution >= 4 is 40.1 Å². The largest absolute Gasteiger partial charge is 0.465 e. The van der Waals surface area contributed by atoms with Crippen LogP contribution < -0.4 is 5.32 Å². The molecule has 0 spiro atoms. The smallest absolute Gasteiger partial charge is 0.315 e. The Morgan fingerprint density at radius 2 is 1.91 bits per heavy atom. The normalized spacial score (nSPS) is 11.9. The molecule has 2 rings (SSSR count). The molecule has 0 unspecified atom stereocenters. The SMILES string of the molecule is CCOC(=O)CS[C@H](C)C(=O)Nc1ccc2ccccc2c1. The predicted molar refractivity (Wildman–Crippen MR) is 91.1 cm³/mol. The summed E-state index contributed by atoms with van der Waals surface area (Å²) >= 11 is 1.27. The van der Waals surface area contributed by atoms with Crippen LogP contribution in [0.15, 0.2) is 42.5 Å². The van der Waals surface area contributed by atoms with E-state index in [1.54, 1.807) is 13.8 Å². The zero-order valence-electron chi connectivity index (χ0n) is 12.7. The Balaban J connectivity index is 1.93. The highest BCUT2D eigenvalue weighted by molar-refractivity contribution is 8.01. The lowest BCUT2D eigenvalue weighted by molar-refractivity contribution is -0.139. The van der Waals surface area contributed by atoms with Gasteiger partial charge in [0.25, 0.3) is 0 Å². The third-order valence-electron chi connectivity index (χ3n) is 3.14. The van der Waals surface area contributed by atoms with E-state index in [1.165, 1.54) is 11.8 Å². The van der Waals surface area contributed by atoms with Crippen LogP contribution in [-0.2, 0) is 14.3 Å². The number of hydrogen-bond acceptors (Lipinski definition) is 4. The fourth-order valence-corrected chi connectivity index (χ4v) is 2.66. The maximum atomic E-state index is 12.1. The summed E-state index contributed by atoms with van der Waals surface area (Å²) in [7, 11) is 0. The van der Waals surface area contributed by atoms with Gasteiger partial charge in [0, 0.05) is 5.69 Å². The van der Waals surface area contributed by atoms with Crippen LogP contribution in [0.25, 0.3) is 10.8 Å². The van der Waals surface area contributed by atoms with E-state index in [2.05, 4.69) is 5.32 Å². The van der Waals surface area contributed by atoms with Crippen molar-refractivity contribution in [2.24, 2.45) is 0 Å². The maximum Gasteiger partial charge on any atom is 0.315 e. The molecule has 2 aromatic rings. The molecule has 0 aliphatic carbocycles. The minimum atomic E-state index is -0.323. The van der Waals surface area contributed by atoms with Crippen molar-refractivity contribution < 1.29 is 14.3 Å². The molecule has 116 valence electrons. The fraction of sp³-hybridized carbons (Fsp3) is 0.294. The zero-order chi connectivity index (χ0) is 15.9. The van der Waals surface area contributed by atoms with Crippen LogP contribution in [0, 0.1) is 0 Å². The number of ether oxygens (including phenoxy) is 1. The summed E-state index contributed by atoms with van der Waals surface area (Å²) in [5, 5.41) is 4.76. The molecule has 0 saturated carbocycles. The molecule has 5 heteroatoms. The van der Waals surface area contributed by atoms with E-state index in [1.807, 2.05) is 42.5 Å². The Morgan fingerprint density at radius 3 is 2.64 bits per heavy atom. The Hall–Kier alpha value is -2.01. The van der Waals surface area contributed by atoms with Gasteiger partial charge in [0.2, 0.25) is 5.91 Å². The molecule has 2 aromatic carbocycles. The topological polar surface area (TPSA) is 55.4 Å². The standard InChI is InChI=1S/C17H19NO3S/c1-3-21-16(19)11-22-12(2)17(20)18-15-9-8-13-6-4-5-7-14(13)10-15/h4-10,12H,3,11H2,1-2H3,(H,18,20)/t12-/m1/s1. The van der Waals surface area contributed by atoms with Crippen molar-refractivity contribution in [1.29, 1.82) is 0 Å². The molecule has 1 amide bonds. The number of anilines is 1. The van der Waals surface area contributed by atoms with Crippen LogP contribution in [0.2, 0.25) is 0 Å². The summed E-state index contributed by atoms with van der Waals surface area (Å²) in [5.74, 6) is -0.234. The molecule has 1 N–H and O–H groups in total. The van der Waals surface area contributed by atoms with E-state index in [4.69, 9.17) is 4.74 Å². The maximum absolute atomic E-state index is 12.1.